The molecule has 1 heterocycles. The lowest BCUT2D eigenvalue weighted by Gasteiger charge is -2.08. The number of rotatable bonds is 5. The van der Waals surface area contributed by atoms with Crippen LogP contribution < -0.4 is 16.4 Å². The molecular formula is C9H12N4O3. The highest BCUT2D eigenvalue weighted by Gasteiger charge is 2.08. The van der Waals surface area contributed by atoms with Crippen molar-refractivity contribution in [1.29, 1.82) is 0 Å². The first-order valence-electron chi connectivity index (χ1n) is 4.55. The van der Waals surface area contributed by atoms with Gasteiger partial charge in [0.2, 0.25) is 0 Å². The fourth-order valence-electron chi connectivity index (χ4n) is 1.10. The van der Waals surface area contributed by atoms with Crippen LogP contribution in [0.2, 0.25) is 0 Å². The third-order valence-corrected chi connectivity index (χ3v) is 1.79. The fraction of sp³-hybridized carbons (Fsp3) is 0.222. The quantitative estimate of drug-likeness (QED) is 0.519. The number of carboxylic acids is 1. The molecule has 0 aliphatic heterocycles. The van der Waals surface area contributed by atoms with Crippen LogP contribution in [0.3, 0.4) is 0 Å². The smallest absolute Gasteiger partial charge is 0.337 e. The summed E-state index contributed by atoms with van der Waals surface area (Å²) in [6.45, 7) is 0.679. The van der Waals surface area contributed by atoms with Gasteiger partial charge in [-0.05, 0) is 6.07 Å². The monoisotopic (exact) mass is 224 g/mol. The van der Waals surface area contributed by atoms with Gasteiger partial charge in [-0.2, -0.15) is 0 Å². The predicted molar refractivity (Wildman–Crippen MR) is 57.3 cm³/mol. The molecule has 16 heavy (non-hydrogen) atoms. The van der Waals surface area contributed by atoms with E-state index in [1.54, 1.807) is 0 Å². The number of nitrogens with two attached hydrogens (primary N) is 1. The van der Waals surface area contributed by atoms with Crippen molar-refractivity contribution in [3.63, 3.8) is 0 Å². The molecular weight excluding hydrogens is 212 g/mol. The number of aromatic carboxylic acids is 1. The molecule has 0 aliphatic rings. The molecule has 0 aliphatic carbocycles. The third kappa shape index (κ3) is 3.45. The van der Waals surface area contributed by atoms with Crippen LogP contribution in [0.15, 0.2) is 18.5 Å². The predicted octanol–water partition coefficient (Wildman–Crippen LogP) is -0.140. The summed E-state index contributed by atoms with van der Waals surface area (Å²) >= 11 is 0. The lowest BCUT2D eigenvalue weighted by Crippen LogP contribution is -2.33. The summed E-state index contributed by atoms with van der Waals surface area (Å²) in [4.78, 5) is 25.0. The number of pyridine rings is 1. The Balaban J connectivity index is 2.53. The Morgan fingerprint density at radius 3 is 2.81 bits per heavy atom. The number of carbonyl (C=O) groups excluding carboxylic acids is 1. The molecule has 0 radical (unpaired) electrons. The van der Waals surface area contributed by atoms with Crippen molar-refractivity contribution in [2.24, 2.45) is 5.73 Å². The van der Waals surface area contributed by atoms with E-state index in [1.807, 2.05) is 0 Å². The molecule has 7 heteroatoms. The van der Waals surface area contributed by atoms with Gasteiger partial charge in [-0.1, -0.05) is 0 Å². The summed E-state index contributed by atoms with van der Waals surface area (Å²) in [5.41, 5.74) is 5.40. The first-order chi connectivity index (χ1) is 7.61. The maximum absolute atomic E-state index is 10.8. The molecule has 7 nitrogen and oxygen atoms in total. The summed E-state index contributed by atoms with van der Waals surface area (Å²) in [5.74, 6) is -1.03. The molecule has 0 unspecified atom stereocenters. The van der Waals surface area contributed by atoms with Gasteiger partial charge in [0.15, 0.2) is 0 Å². The second kappa shape index (κ2) is 5.54. The Hall–Kier alpha value is -2.31. The maximum Gasteiger partial charge on any atom is 0.337 e. The van der Waals surface area contributed by atoms with Crippen molar-refractivity contribution >= 4 is 17.7 Å². The van der Waals surface area contributed by atoms with Gasteiger partial charge in [0, 0.05) is 19.3 Å². The number of aromatic nitrogens is 1. The highest BCUT2D eigenvalue weighted by molar-refractivity contribution is 5.93. The van der Waals surface area contributed by atoms with Crippen molar-refractivity contribution in [2.45, 2.75) is 0 Å². The molecule has 0 fully saturated rings. The van der Waals surface area contributed by atoms with E-state index < -0.39 is 12.0 Å². The lowest BCUT2D eigenvalue weighted by molar-refractivity contribution is 0.0697. The summed E-state index contributed by atoms with van der Waals surface area (Å²) in [6.07, 6.45) is 2.81. The molecule has 86 valence electrons. The van der Waals surface area contributed by atoms with Crippen LogP contribution in [0, 0.1) is 0 Å². The van der Waals surface area contributed by atoms with Gasteiger partial charge in [-0.15, -0.1) is 0 Å². The van der Waals surface area contributed by atoms with E-state index in [-0.39, 0.29) is 5.56 Å². The second-order valence-electron chi connectivity index (χ2n) is 2.94. The summed E-state index contributed by atoms with van der Waals surface area (Å²) in [7, 11) is 0. The van der Waals surface area contributed by atoms with Crippen molar-refractivity contribution < 1.29 is 14.7 Å². The zero-order chi connectivity index (χ0) is 12.0. The van der Waals surface area contributed by atoms with Gasteiger partial charge >= 0.3 is 12.0 Å². The normalized spacial score (nSPS) is 9.50. The minimum absolute atomic E-state index is 0.133. The van der Waals surface area contributed by atoms with Crippen LogP contribution >= 0.6 is 0 Å². The lowest BCUT2D eigenvalue weighted by atomic mass is 10.2. The van der Waals surface area contributed by atoms with Crippen LogP contribution in [-0.2, 0) is 0 Å². The molecule has 0 bridgehead atoms. The number of hydrogen-bond donors (Lipinski definition) is 4. The van der Waals surface area contributed by atoms with Gasteiger partial charge in [-0.25, -0.2) is 9.59 Å². The fourth-order valence-corrected chi connectivity index (χ4v) is 1.10. The Bertz CT molecular complexity index is 394. The van der Waals surface area contributed by atoms with Gasteiger partial charge in [0.1, 0.15) is 0 Å². The molecule has 2 amide bonds. The first-order valence-corrected chi connectivity index (χ1v) is 4.55. The Kier molecular flexibility index (Phi) is 4.07. The average molecular weight is 224 g/mol. The second-order valence-corrected chi connectivity index (χ2v) is 2.94. The summed E-state index contributed by atoms with van der Waals surface area (Å²) in [5, 5.41) is 14.1. The maximum atomic E-state index is 10.8. The van der Waals surface area contributed by atoms with Crippen LogP contribution in [-0.4, -0.2) is 35.2 Å². The Labute approximate surface area is 91.7 Å². The molecule has 1 rings (SSSR count). The van der Waals surface area contributed by atoms with Crippen LogP contribution in [0.4, 0.5) is 10.5 Å². The zero-order valence-electron chi connectivity index (χ0n) is 8.43. The number of anilines is 1. The van der Waals surface area contributed by atoms with Crippen LogP contribution in [0.1, 0.15) is 10.4 Å². The van der Waals surface area contributed by atoms with E-state index in [0.717, 1.165) is 0 Å². The topological polar surface area (TPSA) is 117 Å². The van der Waals surface area contributed by atoms with Crippen molar-refractivity contribution in [3.8, 4) is 0 Å². The largest absolute Gasteiger partial charge is 0.478 e. The zero-order valence-corrected chi connectivity index (χ0v) is 8.43. The Morgan fingerprint density at radius 1 is 1.44 bits per heavy atom. The van der Waals surface area contributed by atoms with Gasteiger partial charge in [0.05, 0.1) is 17.4 Å². The van der Waals surface area contributed by atoms with Crippen LogP contribution in [0.25, 0.3) is 0 Å². The molecule has 0 saturated heterocycles. The average Bonchev–Trinajstić information content (AvgIpc) is 2.24. The number of hydrogen-bond acceptors (Lipinski definition) is 4. The Morgan fingerprint density at radius 2 is 2.19 bits per heavy atom. The van der Waals surface area contributed by atoms with Crippen molar-refractivity contribution in [1.82, 2.24) is 10.3 Å². The molecule has 0 spiro atoms. The van der Waals surface area contributed by atoms with Gasteiger partial charge < -0.3 is 21.5 Å². The number of nitrogens with one attached hydrogen (secondary N) is 2. The molecule has 1 aromatic rings. The molecule has 0 aromatic carbocycles. The standard InChI is InChI=1S/C9H12N4O3/c10-9(16)13-4-3-12-7-5-11-2-1-6(7)8(14)15/h1-2,5,12H,3-4H2,(H,14,15)(H3,10,13,16). The van der Waals surface area contributed by atoms with Crippen LogP contribution in [0.5, 0.6) is 0 Å². The molecule has 0 saturated carbocycles. The highest BCUT2D eigenvalue weighted by Crippen LogP contribution is 2.12. The number of carboxylic acid groups (broad SMARTS) is 1. The van der Waals surface area contributed by atoms with Gasteiger partial charge in [0.25, 0.3) is 0 Å². The van der Waals surface area contributed by atoms with Crippen molar-refractivity contribution in [3.05, 3.63) is 24.0 Å². The number of carbonyl (C=O) groups is 2. The van der Waals surface area contributed by atoms with Crippen molar-refractivity contribution in [2.75, 3.05) is 18.4 Å². The number of primary amides is 1. The number of amides is 2. The third-order valence-electron chi connectivity index (χ3n) is 1.79. The minimum Gasteiger partial charge on any atom is -0.478 e. The molecule has 1 aromatic heterocycles. The molecule has 5 N–H and O–H groups in total. The summed E-state index contributed by atoms with van der Waals surface area (Å²) in [6, 6.07) is 0.776. The highest BCUT2D eigenvalue weighted by atomic mass is 16.4. The van der Waals surface area contributed by atoms with E-state index in [2.05, 4.69) is 15.6 Å². The van der Waals surface area contributed by atoms with Gasteiger partial charge in [-0.3, -0.25) is 4.98 Å². The van der Waals surface area contributed by atoms with E-state index >= 15 is 0 Å². The first kappa shape index (κ1) is 11.8. The minimum atomic E-state index is -1.03. The van der Waals surface area contributed by atoms with E-state index in [1.165, 1.54) is 18.5 Å². The summed E-state index contributed by atoms with van der Waals surface area (Å²) < 4.78 is 0. The number of nitrogens with zero attached hydrogens (tertiary/aromatic N) is 1. The van der Waals surface area contributed by atoms with E-state index in [4.69, 9.17) is 10.8 Å². The van der Waals surface area contributed by atoms with E-state index in [0.29, 0.717) is 18.8 Å². The number of urea groups is 1. The SMILES string of the molecule is NC(=O)NCCNc1cnccc1C(=O)O. The van der Waals surface area contributed by atoms with E-state index in [9.17, 15) is 9.59 Å². The molecule has 0 atom stereocenters.